The topological polar surface area (TPSA) is 37.3 Å². The van der Waals surface area contributed by atoms with E-state index in [0.717, 1.165) is 5.56 Å². The van der Waals surface area contributed by atoms with Crippen LogP contribution in [0.1, 0.15) is 29.3 Å². The molecule has 98 valence electrons. The van der Waals surface area contributed by atoms with Gasteiger partial charge in [-0.2, -0.15) is 0 Å². The zero-order valence-electron chi connectivity index (χ0n) is 11.1. The van der Waals surface area contributed by atoms with E-state index < -0.39 is 6.10 Å². The van der Waals surface area contributed by atoms with E-state index in [1.165, 1.54) is 0 Å². The van der Waals surface area contributed by atoms with E-state index in [2.05, 4.69) is 13.2 Å². The number of aliphatic hydroxyl groups is 1. The van der Waals surface area contributed by atoms with Crippen molar-refractivity contribution in [3.05, 3.63) is 71.3 Å². The van der Waals surface area contributed by atoms with Crippen molar-refractivity contribution < 1.29 is 9.90 Å². The first-order valence-corrected chi connectivity index (χ1v) is 6.39. The standard InChI is InChI=1S/C17H18O2/c1-4-13-15(18)10-9-12-7-5-6-8-14(12)17(19)16(13)11(2)3/h4-8,15,18H,1-2,9-10H2,3H3/b16-13-/t15-/m1/s1. The Morgan fingerprint density at radius 1 is 1.42 bits per heavy atom. The van der Waals surface area contributed by atoms with Crippen molar-refractivity contribution in [2.24, 2.45) is 0 Å². The van der Waals surface area contributed by atoms with Crippen LogP contribution in [0, 0.1) is 0 Å². The predicted octanol–water partition coefficient (Wildman–Crippen LogP) is 3.24. The number of carbonyl (C=O) groups is 1. The fourth-order valence-corrected chi connectivity index (χ4v) is 2.52. The molecule has 1 aromatic carbocycles. The van der Waals surface area contributed by atoms with Gasteiger partial charge >= 0.3 is 0 Å². The minimum absolute atomic E-state index is 0.0725. The predicted molar refractivity (Wildman–Crippen MR) is 77.1 cm³/mol. The summed E-state index contributed by atoms with van der Waals surface area (Å²) in [6.07, 6.45) is 2.17. The van der Waals surface area contributed by atoms with Gasteiger partial charge < -0.3 is 5.11 Å². The molecule has 2 nitrogen and oxygen atoms in total. The lowest BCUT2D eigenvalue weighted by atomic mass is 9.84. The van der Waals surface area contributed by atoms with Gasteiger partial charge in [-0.1, -0.05) is 43.5 Å². The highest BCUT2D eigenvalue weighted by Gasteiger charge is 2.25. The smallest absolute Gasteiger partial charge is 0.193 e. The van der Waals surface area contributed by atoms with E-state index in [1.807, 2.05) is 24.3 Å². The highest BCUT2D eigenvalue weighted by molar-refractivity contribution is 6.13. The molecule has 0 unspecified atom stereocenters. The summed E-state index contributed by atoms with van der Waals surface area (Å²) in [6, 6.07) is 7.55. The molecule has 0 amide bonds. The van der Waals surface area contributed by atoms with Gasteiger partial charge in [-0.25, -0.2) is 0 Å². The molecule has 0 radical (unpaired) electrons. The molecular formula is C17H18O2. The first-order chi connectivity index (χ1) is 9.06. The summed E-state index contributed by atoms with van der Waals surface area (Å²) >= 11 is 0. The SMILES string of the molecule is C=C/C1=C(\C(=C)C)C(=O)c2ccccc2CC[C@H]1O. The summed E-state index contributed by atoms with van der Waals surface area (Å²) in [5.41, 5.74) is 3.43. The van der Waals surface area contributed by atoms with Crippen molar-refractivity contribution in [3.63, 3.8) is 0 Å². The molecule has 0 aromatic heterocycles. The average Bonchev–Trinajstić information content (AvgIpc) is 2.40. The van der Waals surface area contributed by atoms with Crippen LogP contribution in [0.15, 0.2) is 60.2 Å². The Labute approximate surface area is 113 Å². The molecule has 0 fully saturated rings. The zero-order valence-corrected chi connectivity index (χ0v) is 11.1. The van der Waals surface area contributed by atoms with Gasteiger partial charge in [-0.15, -0.1) is 0 Å². The maximum Gasteiger partial charge on any atom is 0.193 e. The molecule has 0 saturated heterocycles. The second-order valence-electron chi connectivity index (χ2n) is 4.86. The number of fused-ring (bicyclic) bond motifs is 1. The Bertz CT molecular complexity index is 579. The molecule has 19 heavy (non-hydrogen) atoms. The van der Waals surface area contributed by atoms with E-state index in [-0.39, 0.29) is 5.78 Å². The molecule has 0 saturated carbocycles. The lowest BCUT2D eigenvalue weighted by Gasteiger charge is -2.22. The molecule has 1 atom stereocenters. The van der Waals surface area contributed by atoms with Crippen molar-refractivity contribution in [3.8, 4) is 0 Å². The van der Waals surface area contributed by atoms with Crippen LogP contribution in [0.2, 0.25) is 0 Å². The number of aryl methyl sites for hydroxylation is 1. The molecule has 0 spiro atoms. The van der Waals surface area contributed by atoms with Crippen LogP contribution >= 0.6 is 0 Å². The average molecular weight is 254 g/mol. The summed E-state index contributed by atoms with van der Waals surface area (Å²) in [4.78, 5) is 12.7. The van der Waals surface area contributed by atoms with Gasteiger partial charge in [0, 0.05) is 11.1 Å². The maximum atomic E-state index is 12.7. The molecule has 1 aliphatic carbocycles. The second kappa shape index (κ2) is 5.37. The Morgan fingerprint density at radius 3 is 2.74 bits per heavy atom. The van der Waals surface area contributed by atoms with Crippen molar-refractivity contribution in [1.29, 1.82) is 0 Å². The second-order valence-corrected chi connectivity index (χ2v) is 4.86. The van der Waals surface area contributed by atoms with Crippen LogP contribution in [-0.4, -0.2) is 17.0 Å². The highest BCUT2D eigenvalue weighted by atomic mass is 16.3. The van der Waals surface area contributed by atoms with E-state index in [9.17, 15) is 9.90 Å². The number of benzene rings is 1. The first-order valence-electron chi connectivity index (χ1n) is 6.39. The van der Waals surface area contributed by atoms with Crippen LogP contribution in [-0.2, 0) is 6.42 Å². The van der Waals surface area contributed by atoms with Crippen LogP contribution in [0.4, 0.5) is 0 Å². The van der Waals surface area contributed by atoms with Crippen LogP contribution < -0.4 is 0 Å². The van der Waals surface area contributed by atoms with Crippen LogP contribution in [0.3, 0.4) is 0 Å². The highest BCUT2D eigenvalue weighted by Crippen LogP contribution is 2.28. The monoisotopic (exact) mass is 254 g/mol. The fourth-order valence-electron chi connectivity index (χ4n) is 2.52. The number of allylic oxidation sites excluding steroid dienone is 2. The molecule has 1 N–H and O–H groups in total. The lowest BCUT2D eigenvalue weighted by molar-refractivity contribution is 0.102. The Balaban J connectivity index is 2.68. The van der Waals surface area contributed by atoms with E-state index >= 15 is 0 Å². The number of ketones is 1. The number of hydrogen-bond donors (Lipinski definition) is 1. The normalized spacial score (nSPS) is 23.3. The van der Waals surface area contributed by atoms with Crippen molar-refractivity contribution >= 4 is 5.78 Å². The molecule has 0 aliphatic heterocycles. The summed E-state index contributed by atoms with van der Waals surface area (Å²) in [5.74, 6) is -0.0725. The quantitative estimate of drug-likeness (QED) is 0.879. The Morgan fingerprint density at radius 2 is 2.11 bits per heavy atom. The van der Waals surface area contributed by atoms with Gasteiger partial charge in [-0.05, 0) is 36.5 Å². The maximum absolute atomic E-state index is 12.7. The van der Waals surface area contributed by atoms with Gasteiger partial charge in [0.2, 0.25) is 0 Å². The van der Waals surface area contributed by atoms with E-state index in [1.54, 1.807) is 13.0 Å². The largest absolute Gasteiger partial charge is 0.388 e. The number of hydrogen-bond acceptors (Lipinski definition) is 2. The van der Waals surface area contributed by atoms with Gasteiger partial charge in [0.15, 0.2) is 5.78 Å². The molecule has 2 rings (SSSR count). The Hall–Kier alpha value is -1.93. The van der Waals surface area contributed by atoms with Gasteiger partial charge in [0.25, 0.3) is 0 Å². The third kappa shape index (κ3) is 2.45. The molecule has 1 aliphatic rings. The summed E-state index contributed by atoms with van der Waals surface area (Å²) in [6.45, 7) is 9.37. The molecule has 0 bridgehead atoms. The number of Topliss-reactive ketones (excluding diaryl/α,β-unsaturated/α-hetero) is 1. The van der Waals surface area contributed by atoms with E-state index in [4.69, 9.17) is 0 Å². The number of rotatable bonds is 2. The Kier molecular flexibility index (Phi) is 3.82. The minimum atomic E-state index is -0.665. The number of carbonyl (C=O) groups excluding carboxylic acids is 1. The molecule has 2 heteroatoms. The molecule has 0 heterocycles. The van der Waals surface area contributed by atoms with Gasteiger partial charge in [0.1, 0.15) is 0 Å². The van der Waals surface area contributed by atoms with Crippen molar-refractivity contribution in [2.75, 3.05) is 0 Å². The van der Waals surface area contributed by atoms with Gasteiger partial charge in [0.05, 0.1) is 6.10 Å². The van der Waals surface area contributed by atoms with Gasteiger partial charge in [-0.3, -0.25) is 4.79 Å². The zero-order chi connectivity index (χ0) is 14.0. The summed E-state index contributed by atoms with van der Waals surface area (Å²) in [7, 11) is 0. The van der Waals surface area contributed by atoms with Crippen LogP contribution in [0.25, 0.3) is 0 Å². The third-order valence-electron chi connectivity index (χ3n) is 3.47. The molecule has 1 aromatic rings. The van der Waals surface area contributed by atoms with Crippen molar-refractivity contribution in [2.45, 2.75) is 25.9 Å². The third-order valence-corrected chi connectivity index (χ3v) is 3.47. The molecular weight excluding hydrogens is 236 g/mol. The number of aliphatic hydroxyl groups excluding tert-OH is 1. The van der Waals surface area contributed by atoms with Crippen molar-refractivity contribution in [1.82, 2.24) is 0 Å². The lowest BCUT2D eigenvalue weighted by Crippen LogP contribution is -2.21. The van der Waals surface area contributed by atoms with Crippen LogP contribution in [0.5, 0.6) is 0 Å². The van der Waals surface area contributed by atoms with E-state index in [0.29, 0.717) is 35.1 Å². The fraction of sp³-hybridized carbons (Fsp3) is 0.235. The summed E-state index contributed by atoms with van der Waals surface area (Å²) in [5, 5.41) is 10.2. The minimum Gasteiger partial charge on any atom is -0.388 e. The first kappa shape index (κ1) is 13.5. The summed E-state index contributed by atoms with van der Waals surface area (Å²) < 4.78 is 0.